The number of aromatic nitrogens is 3. The molecule has 2 fully saturated rings. The number of hydrogen-bond donors (Lipinski definition) is 2. The van der Waals surface area contributed by atoms with Gasteiger partial charge in [-0.05, 0) is 18.9 Å². The fourth-order valence-electron chi connectivity index (χ4n) is 3.48. The van der Waals surface area contributed by atoms with Crippen molar-refractivity contribution in [1.82, 2.24) is 25.4 Å². The fraction of sp³-hybridized carbons (Fsp3) is 0.526. The number of pyridine rings is 1. The monoisotopic (exact) mass is 369 g/mol. The third-order valence-electron chi connectivity index (χ3n) is 5.21. The Hall–Kier alpha value is -2.77. The SMILES string of the molecule is CN(C)c1ncccc1CNC(=O)N1CCN(c2cc(C3CC3)[nH]n2)CC1. The van der Waals surface area contributed by atoms with E-state index in [1.54, 1.807) is 6.20 Å². The molecular formula is C19H27N7O. The van der Waals surface area contributed by atoms with Gasteiger partial charge in [-0.15, -0.1) is 0 Å². The molecule has 1 aliphatic heterocycles. The van der Waals surface area contributed by atoms with Gasteiger partial charge >= 0.3 is 6.03 Å². The van der Waals surface area contributed by atoms with Gasteiger partial charge in [0.1, 0.15) is 5.82 Å². The number of hydrogen-bond acceptors (Lipinski definition) is 5. The lowest BCUT2D eigenvalue weighted by Gasteiger charge is -2.34. The summed E-state index contributed by atoms with van der Waals surface area (Å²) in [6.45, 7) is 3.48. The van der Waals surface area contributed by atoms with Crippen molar-refractivity contribution in [3.63, 3.8) is 0 Å². The fourth-order valence-corrected chi connectivity index (χ4v) is 3.48. The van der Waals surface area contributed by atoms with Crippen molar-refractivity contribution in [3.8, 4) is 0 Å². The Morgan fingerprint density at radius 1 is 1.30 bits per heavy atom. The van der Waals surface area contributed by atoms with E-state index in [-0.39, 0.29) is 6.03 Å². The summed E-state index contributed by atoms with van der Waals surface area (Å²) >= 11 is 0. The number of urea groups is 1. The molecule has 0 spiro atoms. The van der Waals surface area contributed by atoms with E-state index in [2.05, 4.69) is 31.5 Å². The summed E-state index contributed by atoms with van der Waals surface area (Å²) < 4.78 is 0. The van der Waals surface area contributed by atoms with Crippen LogP contribution in [0, 0.1) is 0 Å². The number of amides is 2. The van der Waals surface area contributed by atoms with Gasteiger partial charge in [-0.2, -0.15) is 5.10 Å². The van der Waals surface area contributed by atoms with Crippen molar-refractivity contribution in [2.24, 2.45) is 0 Å². The van der Waals surface area contributed by atoms with Gasteiger partial charge in [-0.25, -0.2) is 9.78 Å². The molecule has 0 aromatic carbocycles. The van der Waals surface area contributed by atoms with Crippen LogP contribution in [0.3, 0.4) is 0 Å². The predicted octanol–water partition coefficient (Wildman–Crippen LogP) is 1.78. The van der Waals surface area contributed by atoms with E-state index in [1.807, 2.05) is 36.0 Å². The van der Waals surface area contributed by atoms with Crippen LogP contribution in [0.4, 0.5) is 16.4 Å². The minimum atomic E-state index is -0.0242. The molecule has 2 aromatic heterocycles. The number of nitrogens with one attached hydrogen (secondary N) is 2. The highest BCUT2D eigenvalue weighted by atomic mass is 16.2. The molecule has 0 radical (unpaired) electrons. The van der Waals surface area contributed by atoms with Crippen molar-refractivity contribution < 1.29 is 4.79 Å². The molecule has 0 atom stereocenters. The number of carbonyl (C=O) groups is 1. The summed E-state index contributed by atoms with van der Waals surface area (Å²) in [5, 5.41) is 10.6. The summed E-state index contributed by atoms with van der Waals surface area (Å²) in [6.07, 6.45) is 4.30. The van der Waals surface area contributed by atoms with Crippen molar-refractivity contribution >= 4 is 17.7 Å². The van der Waals surface area contributed by atoms with E-state index in [0.29, 0.717) is 25.6 Å². The van der Waals surface area contributed by atoms with Crippen LogP contribution in [0.25, 0.3) is 0 Å². The second-order valence-electron chi connectivity index (χ2n) is 7.47. The number of H-pyrrole nitrogens is 1. The van der Waals surface area contributed by atoms with Crippen LogP contribution in [0.5, 0.6) is 0 Å². The van der Waals surface area contributed by atoms with Gasteiger partial charge in [0.2, 0.25) is 0 Å². The molecule has 2 aliphatic rings. The van der Waals surface area contributed by atoms with Crippen molar-refractivity contribution in [1.29, 1.82) is 0 Å². The van der Waals surface area contributed by atoms with Crippen LogP contribution < -0.4 is 15.1 Å². The summed E-state index contributed by atoms with van der Waals surface area (Å²) in [5.41, 5.74) is 2.26. The summed E-state index contributed by atoms with van der Waals surface area (Å²) in [6, 6.07) is 6.03. The molecule has 27 heavy (non-hydrogen) atoms. The molecule has 1 saturated carbocycles. The molecule has 8 heteroatoms. The Morgan fingerprint density at radius 3 is 2.78 bits per heavy atom. The molecule has 0 bridgehead atoms. The average Bonchev–Trinajstić information content (AvgIpc) is 3.43. The first kappa shape index (κ1) is 17.6. The largest absolute Gasteiger partial charge is 0.362 e. The van der Waals surface area contributed by atoms with Crippen LogP contribution in [-0.4, -0.2) is 66.4 Å². The first-order valence-electron chi connectivity index (χ1n) is 9.56. The minimum absolute atomic E-state index is 0.0242. The Bertz CT molecular complexity index is 791. The second kappa shape index (κ2) is 7.46. The first-order valence-corrected chi connectivity index (χ1v) is 9.56. The summed E-state index contributed by atoms with van der Waals surface area (Å²) in [7, 11) is 3.91. The van der Waals surface area contributed by atoms with Gasteiger partial charge in [0, 0.05) is 76.3 Å². The predicted molar refractivity (Wildman–Crippen MR) is 105 cm³/mol. The standard InChI is InChI=1S/C19H27N7O/c1-24(2)18-15(4-3-7-20-18)13-21-19(27)26-10-8-25(9-11-26)17-12-16(22-23-17)14-5-6-14/h3-4,7,12,14H,5-6,8-11,13H2,1-2H3,(H,21,27)(H,22,23). The third-order valence-corrected chi connectivity index (χ3v) is 5.21. The van der Waals surface area contributed by atoms with E-state index in [1.165, 1.54) is 18.5 Å². The van der Waals surface area contributed by atoms with Gasteiger partial charge in [0.15, 0.2) is 5.82 Å². The van der Waals surface area contributed by atoms with Gasteiger partial charge < -0.3 is 20.0 Å². The van der Waals surface area contributed by atoms with Crippen LogP contribution in [-0.2, 0) is 6.54 Å². The Kier molecular flexibility index (Phi) is 4.87. The quantitative estimate of drug-likeness (QED) is 0.840. The molecule has 0 unspecified atom stereocenters. The lowest BCUT2D eigenvalue weighted by molar-refractivity contribution is 0.194. The zero-order valence-electron chi connectivity index (χ0n) is 16.0. The van der Waals surface area contributed by atoms with Gasteiger partial charge in [0.05, 0.1) is 0 Å². The summed E-state index contributed by atoms with van der Waals surface area (Å²) in [5.74, 6) is 2.56. The molecule has 4 rings (SSSR count). The van der Waals surface area contributed by atoms with Gasteiger partial charge in [-0.3, -0.25) is 5.10 Å². The zero-order valence-corrected chi connectivity index (χ0v) is 16.0. The molecular weight excluding hydrogens is 342 g/mol. The normalized spacial score (nSPS) is 17.1. The molecule has 144 valence electrons. The van der Waals surface area contributed by atoms with Crippen LogP contribution in [0.1, 0.15) is 30.0 Å². The Balaban J connectivity index is 1.28. The molecule has 2 N–H and O–H groups in total. The highest BCUT2D eigenvalue weighted by molar-refractivity contribution is 5.74. The topological polar surface area (TPSA) is 80.4 Å². The lowest BCUT2D eigenvalue weighted by atomic mass is 10.2. The number of piperazine rings is 1. The number of nitrogens with zero attached hydrogens (tertiary/aromatic N) is 5. The van der Waals surface area contributed by atoms with Crippen LogP contribution in [0.2, 0.25) is 0 Å². The summed E-state index contributed by atoms with van der Waals surface area (Å²) in [4.78, 5) is 23.0. The minimum Gasteiger partial charge on any atom is -0.362 e. The van der Waals surface area contributed by atoms with Gasteiger partial charge in [0.25, 0.3) is 0 Å². The van der Waals surface area contributed by atoms with E-state index in [4.69, 9.17) is 0 Å². The van der Waals surface area contributed by atoms with Crippen molar-refractivity contribution in [2.45, 2.75) is 25.3 Å². The first-order chi connectivity index (χ1) is 13.1. The lowest BCUT2D eigenvalue weighted by Crippen LogP contribution is -2.51. The molecule has 2 amide bonds. The van der Waals surface area contributed by atoms with E-state index >= 15 is 0 Å². The highest BCUT2D eigenvalue weighted by Gasteiger charge is 2.27. The van der Waals surface area contributed by atoms with E-state index in [9.17, 15) is 4.79 Å². The number of rotatable bonds is 5. The molecule has 8 nitrogen and oxygen atoms in total. The maximum Gasteiger partial charge on any atom is 0.317 e. The number of anilines is 2. The molecule has 2 aromatic rings. The average molecular weight is 369 g/mol. The van der Waals surface area contributed by atoms with E-state index in [0.717, 1.165) is 30.3 Å². The highest BCUT2D eigenvalue weighted by Crippen LogP contribution is 2.39. The molecule has 3 heterocycles. The Labute approximate surface area is 159 Å². The smallest absolute Gasteiger partial charge is 0.317 e. The molecule has 1 saturated heterocycles. The second-order valence-corrected chi connectivity index (χ2v) is 7.47. The molecule has 1 aliphatic carbocycles. The number of aromatic amines is 1. The van der Waals surface area contributed by atoms with E-state index < -0.39 is 0 Å². The third kappa shape index (κ3) is 3.99. The van der Waals surface area contributed by atoms with Crippen molar-refractivity contribution in [2.75, 3.05) is 50.1 Å². The zero-order chi connectivity index (χ0) is 18.8. The van der Waals surface area contributed by atoms with Crippen LogP contribution >= 0.6 is 0 Å². The van der Waals surface area contributed by atoms with Crippen molar-refractivity contribution in [3.05, 3.63) is 35.7 Å². The number of carbonyl (C=O) groups excluding carboxylic acids is 1. The van der Waals surface area contributed by atoms with Crippen LogP contribution in [0.15, 0.2) is 24.4 Å². The maximum absolute atomic E-state index is 12.5. The van der Waals surface area contributed by atoms with Gasteiger partial charge in [-0.1, -0.05) is 6.07 Å². The maximum atomic E-state index is 12.5. The Morgan fingerprint density at radius 2 is 2.07 bits per heavy atom.